The summed E-state index contributed by atoms with van der Waals surface area (Å²) in [5.41, 5.74) is 0. The van der Waals surface area contributed by atoms with Crippen LogP contribution in [-0.2, 0) is 0 Å². The number of rotatable bonds is 7. The van der Waals surface area contributed by atoms with Crippen molar-refractivity contribution in [3.63, 3.8) is 0 Å². The van der Waals surface area contributed by atoms with E-state index < -0.39 is 12.7 Å². The molecule has 1 aliphatic rings. The van der Waals surface area contributed by atoms with Crippen molar-refractivity contribution in [2.45, 2.75) is 38.4 Å². The van der Waals surface area contributed by atoms with Crippen LogP contribution in [0.2, 0.25) is 0 Å². The molecule has 15 heavy (non-hydrogen) atoms. The van der Waals surface area contributed by atoms with E-state index in [0.29, 0.717) is 25.7 Å². The van der Waals surface area contributed by atoms with Crippen LogP contribution in [0.15, 0.2) is 0 Å². The molecule has 1 rings (SSSR count). The monoisotopic (exact) mass is 224 g/mol. The first-order valence-electron chi connectivity index (χ1n) is 5.54. The molecule has 0 saturated heterocycles. The zero-order valence-corrected chi connectivity index (χ0v) is 9.11. The van der Waals surface area contributed by atoms with Gasteiger partial charge in [-0.15, -0.1) is 0 Å². The minimum atomic E-state index is -4.07. The first-order chi connectivity index (χ1) is 7.01. The Morgan fingerprint density at radius 2 is 1.93 bits per heavy atom. The van der Waals surface area contributed by atoms with Crippen LogP contribution in [0, 0.1) is 0 Å². The summed E-state index contributed by atoms with van der Waals surface area (Å²) in [6.45, 7) is 2.79. The summed E-state index contributed by atoms with van der Waals surface area (Å²) in [4.78, 5) is 1.47. The minimum Gasteiger partial charge on any atom is -0.313 e. The lowest BCUT2D eigenvalue weighted by Gasteiger charge is -2.23. The maximum Gasteiger partial charge on any atom is 0.401 e. The largest absolute Gasteiger partial charge is 0.401 e. The van der Waals surface area contributed by atoms with Gasteiger partial charge in [0.25, 0.3) is 0 Å². The van der Waals surface area contributed by atoms with Gasteiger partial charge in [0.1, 0.15) is 0 Å². The van der Waals surface area contributed by atoms with Crippen LogP contribution >= 0.6 is 0 Å². The first kappa shape index (κ1) is 12.8. The molecule has 0 radical (unpaired) electrons. The van der Waals surface area contributed by atoms with Gasteiger partial charge in [0.05, 0.1) is 6.54 Å². The summed E-state index contributed by atoms with van der Waals surface area (Å²) in [5.74, 6) is 0. The van der Waals surface area contributed by atoms with Crippen molar-refractivity contribution < 1.29 is 13.2 Å². The molecule has 2 nitrogen and oxygen atoms in total. The van der Waals surface area contributed by atoms with Gasteiger partial charge in [-0.2, -0.15) is 13.2 Å². The molecule has 0 heterocycles. The fourth-order valence-corrected chi connectivity index (χ4v) is 1.55. The van der Waals surface area contributed by atoms with Crippen molar-refractivity contribution in [1.29, 1.82) is 0 Å². The quantitative estimate of drug-likeness (QED) is 0.711. The lowest BCUT2D eigenvalue weighted by molar-refractivity contribution is -0.145. The van der Waals surface area contributed by atoms with Crippen molar-refractivity contribution in [3.05, 3.63) is 0 Å². The molecule has 1 fully saturated rings. The van der Waals surface area contributed by atoms with Gasteiger partial charge >= 0.3 is 6.18 Å². The summed E-state index contributed by atoms with van der Waals surface area (Å²) in [7, 11) is 0. The van der Waals surface area contributed by atoms with E-state index in [1.807, 2.05) is 6.92 Å². The molecular formula is C10H19F3N2. The SMILES string of the molecule is CCCN(CCNC1CC1)CC(F)(F)F. The molecule has 1 saturated carbocycles. The van der Waals surface area contributed by atoms with E-state index in [1.54, 1.807) is 0 Å². The number of hydrogen-bond donors (Lipinski definition) is 1. The zero-order valence-electron chi connectivity index (χ0n) is 9.11. The average Bonchev–Trinajstić information content (AvgIpc) is 2.85. The van der Waals surface area contributed by atoms with Gasteiger partial charge in [-0.1, -0.05) is 6.92 Å². The highest BCUT2D eigenvalue weighted by molar-refractivity contribution is 4.81. The van der Waals surface area contributed by atoms with Crippen molar-refractivity contribution in [2.24, 2.45) is 0 Å². The van der Waals surface area contributed by atoms with E-state index in [-0.39, 0.29) is 0 Å². The molecule has 0 amide bonds. The van der Waals surface area contributed by atoms with E-state index in [9.17, 15) is 13.2 Å². The van der Waals surface area contributed by atoms with Crippen LogP contribution in [0.4, 0.5) is 13.2 Å². The lowest BCUT2D eigenvalue weighted by atomic mass is 10.4. The Morgan fingerprint density at radius 3 is 2.40 bits per heavy atom. The van der Waals surface area contributed by atoms with Gasteiger partial charge in [0.15, 0.2) is 0 Å². The highest BCUT2D eigenvalue weighted by Crippen LogP contribution is 2.19. The molecule has 0 atom stereocenters. The molecule has 0 unspecified atom stereocenters. The zero-order chi connectivity index (χ0) is 11.3. The number of hydrogen-bond acceptors (Lipinski definition) is 2. The molecule has 1 N–H and O–H groups in total. The lowest BCUT2D eigenvalue weighted by Crippen LogP contribution is -2.39. The van der Waals surface area contributed by atoms with Gasteiger partial charge in [0, 0.05) is 19.1 Å². The third kappa shape index (κ3) is 6.73. The highest BCUT2D eigenvalue weighted by atomic mass is 19.4. The summed E-state index contributed by atoms with van der Waals surface area (Å²) in [6.07, 6.45) is -0.964. The maximum atomic E-state index is 12.2. The van der Waals surface area contributed by atoms with Crippen molar-refractivity contribution in [3.8, 4) is 0 Å². The number of nitrogens with one attached hydrogen (secondary N) is 1. The molecule has 0 spiro atoms. The van der Waals surface area contributed by atoms with Crippen LogP contribution in [0.5, 0.6) is 0 Å². The standard InChI is InChI=1S/C10H19F3N2/c1-2-6-15(8-10(11,12)13)7-5-14-9-3-4-9/h9,14H,2-8H2,1H3. The van der Waals surface area contributed by atoms with Crippen molar-refractivity contribution in [2.75, 3.05) is 26.2 Å². The van der Waals surface area contributed by atoms with E-state index in [2.05, 4.69) is 5.32 Å². The van der Waals surface area contributed by atoms with E-state index in [1.165, 1.54) is 17.7 Å². The van der Waals surface area contributed by atoms with Crippen LogP contribution in [0.3, 0.4) is 0 Å². The summed E-state index contributed by atoms with van der Waals surface area (Å²) in [5, 5.41) is 3.22. The Bertz CT molecular complexity index is 178. The van der Waals surface area contributed by atoms with Crippen molar-refractivity contribution >= 4 is 0 Å². The van der Waals surface area contributed by atoms with Gasteiger partial charge in [-0.05, 0) is 25.8 Å². The number of nitrogens with zero attached hydrogens (tertiary/aromatic N) is 1. The fraction of sp³-hybridized carbons (Fsp3) is 1.00. The maximum absolute atomic E-state index is 12.2. The van der Waals surface area contributed by atoms with E-state index >= 15 is 0 Å². The molecule has 0 aromatic rings. The summed E-state index contributed by atoms with van der Waals surface area (Å²) in [6, 6.07) is 0.569. The highest BCUT2D eigenvalue weighted by Gasteiger charge is 2.30. The second-order valence-electron chi connectivity index (χ2n) is 4.12. The Balaban J connectivity index is 2.15. The van der Waals surface area contributed by atoms with Crippen LogP contribution in [-0.4, -0.2) is 43.3 Å². The van der Waals surface area contributed by atoms with Crippen LogP contribution < -0.4 is 5.32 Å². The Hall–Kier alpha value is -0.290. The Labute approximate surface area is 88.8 Å². The van der Waals surface area contributed by atoms with E-state index in [4.69, 9.17) is 0 Å². The predicted octanol–water partition coefficient (Wildman–Crippen LogP) is 2.01. The average molecular weight is 224 g/mol. The second-order valence-corrected chi connectivity index (χ2v) is 4.12. The molecular weight excluding hydrogens is 205 g/mol. The third-order valence-corrected chi connectivity index (χ3v) is 2.38. The second kappa shape index (κ2) is 5.70. The van der Waals surface area contributed by atoms with Crippen LogP contribution in [0.25, 0.3) is 0 Å². The molecule has 0 aromatic carbocycles. The Kier molecular flexibility index (Phi) is 4.86. The summed E-state index contributed by atoms with van der Waals surface area (Å²) < 4.78 is 36.5. The third-order valence-electron chi connectivity index (χ3n) is 2.38. The van der Waals surface area contributed by atoms with E-state index in [0.717, 1.165) is 6.42 Å². The fourth-order valence-electron chi connectivity index (χ4n) is 1.55. The predicted molar refractivity (Wildman–Crippen MR) is 53.8 cm³/mol. The normalized spacial score (nSPS) is 17.4. The smallest absolute Gasteiger partial charge is 0.313 e. The van der Waals surface area contributed by atoms with Gasteiger partial charge in [-0.3, -0.25) is 4.90 Å². The molecule has 1 aliphatic carbocycles. The summed E-state index contributed by atoms with van der Waals surface area (Å²) >= 11 is 0. The topological polar surface area (TPSA) is 15.3 Å². The van der Waals surface area contributed by atoms with Gasteiger partial charge in [0.2, 0.25) is 0 Å². The molecule has 0 aliphatic heterocycles. The molecule has 0 bridgehead atoms. The molecule has 5 heteroatoms. The van der Waals surface area contributed by atoms with Crippen LogP contribution in [0.1, 0.15) is 26.2 Å². The van der Waals surface area contributed by atoms with Gasteiger partial charge in [-0.25, -0.2) is 0 Å². The van der Waals surface area contributed by atoms with Crippen molar-refractivity contribution in [1.82, 2.24) is 10.2 Å². The molecule has 0 aromatic heterocycles. The minimum absolute atomic E-state index is 0.490. The Morgan fingerprint density at radius 1 is 1.27 bits per heavy atom. The van der Waals surface area contributed by atoms with Gasteiger partial charge < -0.3 is 5.32 Å². The number of alkyl halides is 3. The first-order valence-corrected chi connectivity index (χ1v) is 5.54. The molecule has 90 valence electrons. The number of halogens is 3.